The third-order valence-electron chi connectivity index (χ3n) is 3.05. The largest absolute Gasteiger partial charge is 0.369 e. The Morgan fingerprint density at radius 3 is 2.72 bits per heavy atom. The maximum absolute atomic E-state index is 12.3. The van der Waals surface area contributed by atoms with E-state index in [2.05, 4.69) is 17.1 Å². The minimum atomic E-state index is -0.216. The van der Waals surface area contributed by atoms with Crippen LogP contribution in [0, 0.1) is 6.92 Å². The molecule has 0 amide bonds. The fourth-order valence-corrected chi connectivity index (χ4v) is 2.08. The number of nitrogens with zero attached hydrogens (tertiary/aromatic N) is 4. The highest BCUT2D eigenvalue weighted by Gasteiger charge is 2.18. The summed E-state index contributed by atoms with van der Waals surface area (Å²) in [6.45, 7) is 6.18. The molecule has 0 aliphatic heterocycles. The summed E-state index contributed by atoms with van der Waals surface area (Å²) in [6, 6.07) is 1.51. The van der Waals surface area contributed by atoms with Gasteiger partial charge < -0.3 is 0 Å². The maximum atomic E-state index is 12.3. The second-order valence-electron chi connectivity index (χ2n) is 4.27. The molecule has 0 aliphatic rings. The molecule has 0 unspecified atom stereocenters. The van der Waals surface area contributed by atoms with E-state index in [-0.39, 0.29) is 6.03 Å². The van der Waals surface area contributed by atoms with Crippen LogP contribution < -0.4 is 0 Å². The van der Waals surface area contributed by atoms with E-state index in [1.54, 1.807) is 18.5 Å². The lowest BCUT2D eigenvalue weighted by Crippen LogP contribution is -2.23. The van der Waals surface area contributed by atoms with Gasteiger partial charge in [0.15, 0.2) is 0 Å². The highest BCUT2D eigenvalue weighted by atomic mass is 16.2. The average Bonchev–Trinajstić information content (AvgIpc) is 2.99. The van der Waals surface area contributed by atoms with Crippen molar-refractivity contribution in [2.45, 2.75) is 40.0 Å². The van der Waals surface area contributed by atoms with Gasteiger partial charge in [-0.2, -0.15) is 19.6 Å². The Hall–Kier alpha value is -1.91. The normalized spacial score (nSPS) is 10.8. The second kappa shape index (κ2) is 5.16. The number of aromatic nitrogens is 4. The van der Waals surface area contributed by atoms with E-state index in [9.17, 15) is 4.79 Å². The summed E-state index contributed by atoms with van der Waals surface area (Å²) in [5, 5.41) is 8.37. The molecule has 0 atom stereocenters. The van der Waals surface area contributed by atoms with Crippen molar-refractivity contribution in [3.63, 3.8) is 0 Å². The summed E-state index contributed by atoms with van der Waals surface area (Å²) in [5.41, 5.74) is 3.11. The SMILES string of the molecule is CCCc1c(C)c(CC)nn1C(=O)n1cccn1. The van der Waals surface area contributed by atoms with Gasteiger partial charge in [-0.25, -0.2) is 4.79 Å². The second-order valence-corrected chi connectivity index (χ2v) is 4.27. The minimum Gasteiger partial charge on any atom is -0.244 e. The van der Waals surface area contributed by atoms with Gasteiger partial charge in [0.25, 0.3) is 0 Å². The third kappa shape index (κ3) is 2.08. The molecule has 5 heteroatoms. The molecule has 0 aromatic carbocycles. The lowest BCUT2D eigenvalue weighted by Gasteiger charge is -2.05. The van der Waals surface area contributed by atoms with Crippen molar-refractivity contribution >= 4 is 6.03 Å². The molecule has 2 rings (SSSR count). The molecule has 5 nitrogen and oxygen atoms in total. The van der Waals surface area contributed by atoms with E-state index in [0.29, 0.717) is 0 Å². The summed E-state index contributed by atoms with van der Waals surface area (Å²) in [5.74, 6) is 0. The van der Waals surface area contributed by atoms with Crippen LogP contribution in [-0.2, 0) is 12.8 Å². The molecule has 18 heavy (non-hydrogen) atoms. The van der Waals surface area contributed by atoms with E-state index in [0.717, 1.165) is 36.2 Å². The highest BCUT2D eigenvalue weighted by molar-refractivity contribution is 5.78. The molecule has 0 saturated heterocycles. The van der Waals surface area contributed by atoms with Gasteiger partial charge in [-0.05, 0) is 31.4 Å². The number of carbonyl (C=O) groups excluding carboxylic acids is 1. The predicted octanol–water partition coefficient (Wildman–Crippen LogP) is 2.42. The molecule has 0 saturated carbocycles. The Morgan fingerprint density at radius 2 is 2.17 bits per heavy atom. The van der Waals surface area contributed by atoms with Gasteiger partial charge >= 0.3 is 6.03 Å². The maximum Gasteiger partial charge on any atom is 0.369 e. The van der Waals surface area contributed by atoms with Crippen molar-refractivity contribution in [1.29, 1.82) is 0 Å². The standard InChI is InChI=1S/C13H18N4O/c1-4-7-12-10(3)11(5-2)15-17(12)13(18)16-9-6-8-14-16/h6,8-9H,4-5,7H2,1-3H3. The molecule has 2 aromatic rings. The first-order chi connectivity index (χ1) is 8.69. The summed E-state index contributed by atoms with van der Waals surface area (Å²) in [7, 11) is 0. The molecule has 2 heterocycles. The van der Waals surface area contributed by atoms with Crippen molar-refractivity contribution < 1.29 is 4.79 Å². The molecule has 96 valence electrons. The van der Waals surface area contributed by atoms with Crippen molar-refractivity contribution in [3.8, 4) is 0 Å². The van der Waals surface area contributed by atoms with Gasteiger partial charge in [-0.1, -0.05) is 20.3 Å². The van der Waals surface area contributed by atoms with Gasteiger partial charge in [-0.3, -0.25) is 0 Å². The summed E-state index contributed by atoms with van der Waals surface area (Å²) in [4.78, 5) is 12.3. The zero-order valence-electron chi connectivity index (χ0n) is 11.1. The van der Waals surface area contributed by atoms with E-state index < -0.39 is 0 Å². The third-order valence-corrected chi connectivity index (χ3v) is 3.05. The Bertz CT molecular complexity index is 540. The molecule has 0 spiro atoms. The van der Waals surface area contributed by atoms with Crippen LogP contribution in [0.4, 0.5) is 4.79 Å². The van der Waals surface area contributed by atoms with Crippen LogP contribution in [0.15, 0.2) is 18.5 Å². The highest BCUT2D eigenvalue weighted by Crippen LogP contribution is 2.16. The average molecular weight is 246 g/mol. The van der Waals surface area contributed by atoms with Gasteiger partial charge in [-0.15, -0.1) is 0 Å². The summed E-state index contributed by atoms with van der Waals surface area (Å²) in [6.07, 6.45) is 5.91. The van der Waals surface area contributed by atoms with Crippen molar-refractivity contribution in [1.82, 2.24) is 19.6 Å². The number of aryl methyl sites for hydroxylation is 1. The molecule has 0 bridgehead atoms. The molecular weight excluding hydrogens is 228 g/mol. The van der Waals surface area contributed by atoms with Crippen LogP contribution in [0.2, 0.25) is 0 Å². The lowest BCUT2D eigenvalue weighted by atomic mass is 10.1. The fraction of sp³-hybridized carbons (Fsp3) is 0.462. The zero-order valence-corrected chi connectivity index (χ0v) is 11.1. The van der Waals surface area contributed by atoms with Crippen molar-refractivity contribution in [2.24, 2.45) is 0 Å². The number of carbonyl (C=O) groups is 1. The van der Waals surface area contributed by atoms with Crippen LogP contribution >= 0.6 is 0 Å². The van der Waals surface area contributed by atoms with E-state index in [1.165, 1.54) is 9.36 Å². The Balaban J connectivity index is 2.46. The monoisotopic (exact) mass is 246 g/mol. The molecular formula is C13H18N4O. The molecule has 0 fully saturated rings. The first-order valence-corrected chi connectivity index (χ1v) is 6.30. The van der Waals surface area contributed by atoms with Crippen LogP contribution in [-0.4, -0.2) is 25.6 Å². The summed E-state index contributed by atoms with van der Waals surface area (Å²) >= 11 is 0. The summed E-state index contributed by atoms with van der Waals surface area (Å²) < 4.78 is 2.80. The van der Waals surface area contributed by atoms with Crippen LogP contribution in [0.5, 0.6) is 0 Å². The Kier molecular flexibility index (Phi) is 3.60. The van der Waals surface area contributed by atoms with Gasteiger partial charge in [0.05, 0.1) is 11.4 Å². The Morgan fingerprint density at radius 1 is 1.39 bits per heavy atom. The number of hydrogen-bond donors (Lipinski definition) is 0. The number of rotatable bonds is 3. The minimum absolute atomic E-state index is 0.216. The molecule has 0 N–H and O–H groups in total. The van der Waals surface area contributed by atoms with Gasteiger partial charge in [0.1, 0.15) is 0 Å². The molecule has 2 aromatic heterocycles. The molecule has 0 radical (unpaired) electrons. The van der Waals surface area contributed by atoms with E-state index >= 15 is 0 Å². The van der Waals surface area contributed by atoms with Crippen molar-refractivity contribution in [3.05, 3.63) is 35.4 Å². The van der Waals surface area contributed by atoms with Gasteiger partial charge in [0.2, 0.25) is 0 Å². The van der Waals surface area contributed by atoms with Crippen LogP contribution in [0.3, 0.4) is 0 Å². The quantitative estimate of drug-likeness (QED) is 0.835. The van der Waals surface area contributed by atoms with Crippen molar-refractivity contribution in [2.75, 3.05) is 0 Å². The Labute approximate surface area is 106 Å². The fourth-order valence-electron chi connectivity index (χ4n) is 2.08. The predicted molar refractivity (Wildman–Crippen MR) is 68.8 cm³/mol. The van der Waals surface area contributed by atoms with Gasteiger partial charge in [0, 0.05) is 12.4 Å². The van der Waals surface area contributed by atoms with Crippen LogP contribution in [0.1, 0.15) is 37.2 Å². The number of hydrogen-bond acceptors (Lipinski definition) is 3. The molecule has 0 aliphatic carbocycles. The smallest absolute Gasteiger partial charge is 0.244 e. The first kappa shape index (κ1) is 12.5. The van der Waals surface area contributed by atoms with Crippen LogP contribution in [0.25, 0.3) is 0 Å². The zero-order chi connectivity index (χ0) is 13.1. The first-order valence-electron chi connectivity index (χ1n) is 6.30. The van der Waals surface area contributed by atoms with E-state index in [4.69, 9.17) is 0 Å². The topological polar surface area (TPSA) is 52.7 Å². The lowest BCUT2D eigenvalue weighted by molar-refractivity contribution is 0.237. The van der Waals surface area contributed by atoms with E-state index in [1.807, 2.05) is 13.8 Å².